The standard InChI is InChI=1S/C17H31NOS/c1-2-3-13-4-5-16(18)15(10-13)14-6-8-19-17(11-14)7-9-20-12-17/h13-16H,2-12,18H2,1H3. The highest BCUT2D eigenvalue weighted by molar-refractivity contribution is 7.99. The van der Waals surface area contributed by atoms with Crippen molar-refractivity contribution in [1.29, 1.82) is 0 Å². The van der Waals surface area contributed by atoms with Gasteiger partial charge in [-0.15, -0.1) is 0 Å². The number of rotatable bonds is 3. The Morgan fingerprint density at radius 3 is 2.95 bits per heavy atom. The molecule has 1 saturated carbocycles. The van der Waals surface area contributed by atoms with Gasteiger partial charge in [0.15, 0.2) is 0 Å². The van der Waals surface area contributed by atoms with E-state index in [4.69, 9.17) is 10.5 Å². The largest absolute Gasteiger partial charge is 0.374 e. The molecule has 0 aromatic carbocycles. The predicted octanol–water partition coefficient (Wildman–Crippen LogP) is 3.83. The van der Waals surface area contributed by atoms with E-state index in [9.17, 15) is 0 Å². The van der Waals surface area contributed by atoms with Crippen LogP contribution in [0.3, 0.4) is 0 Å². The Bertz CT molecular complexity index is 316. The number of ether oxygens (including phenoxy) is 1. The molecule has 0 radical (unpaired) electrons. The highest BCUT2D eigenvalue weighted by Gasteiger charge is 2.44. The lowest BCUT2D eigenvalue weighted by Crippen LogP contribution is -2.47. The average molecular weight is 298 g/mol. The van der Waals surface area contributed by atoms with E-state index in [1.807, 2.05) is 0 Å². The summed E-state index contributed by atoms with van der Waals surface area (Å²) in [5.41, 5.74) is 6.74. The van der Waals surface area contributed by atoms with Crippen molar-refractivity contribution < 1.29 is 4.74 Å². The molecule has 3 rings (SSSR count). The molecule has 0 aromatic rings. The van der Waals surface area contributed by atoms with E-state index in [-0.39, 0.29) is 5.60 Å². The topological polar surface area (TPSA) is 35.2 Å². The van der Waals surface area contributed by atoms with Gasteiger partial charge in [0, 0.05) is 18.4 Å². The third kappa shape index (κ3) is 3.20. The summed E-state index contributed by atoms with van der Waals surface area (Å²) >= 11 is 2.08. The molecule has 5 atom stereocenters. The molecule has 2 N–H and O–H groups in total. The van der Waals surface area contributed by atoms with Crippen molar-refractivity contribution in [2.24, 2.45) is 23.5 Å². The molecule has 3 heteroatoms. The van der Waals surface area contributed by atoms with E-state index in [0.717, 1.165) is 24.4 Å². The van der Waals surface area contributed by atoms with Crippen molar-refractivity contribution in [3.05, 3.63) is 0 Å². The van der Waals surface area contributed by atoms with E-state index in [0.29, 0.717) is 6.04 Å². The summed E-state index contributed by atoms with van der Waals surface area (Å²) in [4.78, 5) is 0. The first kappa shape index (κ1) is 15.2. The molecule has 20 heavy (non-hydrogen) atoms. The molecule has 2 saturated heterocycles. The second-order valence-corrected chi connectivity index (χ2v) is 8.49. The fourth-order valence-corrected chi connectivity index (χ4v) is 6.20. The Labute approximate surface area is 128 Å². The average Bonchev–Trinajstić information content (AvgIpc) is 2.89. The summed E-state index contributed by atoms with van der Waals surface area (Å²) in [7, 11) is 0. The molecule has 1 spiro atoms. The summed E-state index contributed by atoms with van der Waals surface area (Å²) in [5.74, 6) is 5.07. The van der Waals surface area contributed by atoms with Crippen LogP contribution in [0.2, 0.25) is 0 Å². The molecule has 2 aliphatic heterocycles. The SMILES string of the molecule is CCCC1CCC(N)C(C2CCOC3(CCSC3)C2)C1. The first-order valence-corrected chi connectivity index (χ1v) is 9.85. The molecule has 116 valence electrons. The molecule has 2 heterocycles. The van der Waals surface area contributed by atoms with Crippen LogP contribution in [0.4, 0.5) is 0 Å². The van der Waals surface area contributed by atoms with Crippen molar-refractivity contribution in [1.82, 2.24) is 0 Å². The minimum Gasteiger partial charge on any atom is -0.374 e. The van der Waals surface area contributed by atoms with Gasteiger partial charge in [0.1, 0.15) is 0 Å². The normalized spacial score (nSPS) is 45.9. The van der Waals surface area contributed by atoms with Crippen LogP contribution in [0.15, 0.2) is 0 Å². The van der Waals surface area contributed by atoms with Gasteiger partial charge in [0.25, 0.3) is 0 Å². The lowest BCUT2D eigenvalue weighted by Gasteiger charge is -2.45. The number of thioether (sulfide) groups is 1. The van der Waals surface area contributed by atoms with Crippen molar-refractivity contribution in [2.45, 2.75) is 69.9 Å². The van der Waals surface area contributed by atoms with E-state index in [2.05, 4.69) is 18.7 Å². The van der Waals surface area contributed by atoms with Gasteiger partial charge < -0.3 is 10.5 Å². The Morgan fingerprint density at radius 2 is 2.20 bits per heavy atom. The van der Waals surface area contributed by atoms with Crippen LogP contribution in [0, 0.1) is 17.8 Å². The molecule has 3 fully saturated rings. The zero-order chi connectivity index (χ0) is 14.0. The maximum Gasteiger partial charge on any atom is 0.0783 e. The molecule has 0 amide bonds. The summed E-state index contributed by atoms with van der Waals surface area (Å²) in [5, 5.41) is 0. The number of hydrogen-bond donors (Lipinski definition) is 1. The molecule has 1 aliphatic carbocycles. The molecule has 0 aromatic heterocycles. The molecular formula is C17H31NOS. The minimum absolute atomic E-state index is 0.227. The van der Waals surface area contributed by atoms with Gasteiger partial charge in [-0.05, 0) is 62.0 Å². The maximum atomic E-state index is 6.51. The summed E-state index contributed by atoms with van der Waals surface area (Å²) < 4.78 is 6.20. The molecule has 2 nitrogen and oxygen atoms in total. The zero-order valence-electron chi connectivity index (χ0n) is 13.0. The molecule has 5 unspecified atom stereocenters. The van der Waals surface area contributed by atoms with Gasteiger partial charge in [0.05, 0.1) is 5.60 Å². The third-order valence-electron chi connectivity index (χ3n) is 5.96. The lowest BCUT2D eigenvalue weighted by molar-refractivity contribution is -0.0948. The first-order valence-electron chi connectivity index (χ1n) is 8.70. The second kappa shape index (κ2) is 6.58. The van der Waals surface area contributed by atoms with Crippen LogP contribution in [-0.4, -0.2) is 29.8 Å². The Hall–Kier alpha value is 0.270. The van der Waals surface area contributed by atoms with Crippen LogP contribution >= 0.6 is 11.8 Å². The maximum absolute atomic E-state index is 6.51. The predicted molar refractivity (Wildman–Crippen MR) is 87.1 cm³/mol. The smallest absolute Gasteiger partial charge is 0.0783 e. The van der Waals surface area contributed by atoms with Gasteiger partial charge in [-0.2, -0.15) is 11.8 Å². The quantitative estimate of drug-likeness (QED) is 0.860. The van der Waals surface area contributed by atoms with Gasteiger partial charge in [-0.1, -0.05) is 19.8 Å². The van der Waals surface area contributed by atoms with E-state index < -0.39 is 0 Å². The van der Waals surface area contributed by atoms with Crippen molar-refractivity contribution in [3.63, 3.8) is 0 Å². The van der Waals surface area contributed by atoms with Gasteiger partial charge in [0.2, 0.25) is 0 Å². The summed E-state index contributed by atoms with van der Waals surface area (Å²) in [6, 6.07) is 0.456. The third-order valence-corrected chi connectivity index (χ3v) is 7.19. The van der Waals surface area contributed by atoms with Crippen LogP contribution in [-0.2, 0) is 4.74 Å². The lowest BCUT2D eigenvalue weighted by atomic mass is 9.67. The highest BCUT2D eigenvalue weighted by Crippen LogP contribution is 2.46. The fourth-order valence-electron chi connectivity index (χ4n) is 4.83. The molecule has 3 aliphatic rings. The van der Waals surface area contributed by atoms with Gasteiger partial charge in [-0.3, -0.25) is 0 Å². The van der Waals surface area contributed by atoms with Gasteiger partial charge >= 0.3 is 0 Å². The van der Waals surface area contributed by atoms with E-state index >= 15 is 0 Å². The second-order valence-electron chi connectivity index (χ2n) is 7.38. The number of nitrogens with two attached hydrogens (primary N) is 1. The highest BCUT2D eigenvalue weighted by atomic mass is 32.2. The minimum atomic E-state index is 0.227. The van der Waals surface area contributed by atoms with Crippen molar-refractivity contribution in [2.75, 3.05) is 18.1 Å². The first-order chi connectivity index (χ1) is 9.72. The summed E-state index contributed by atoms with van der Waals surface area (Å²) in [6.07, 6.45) is 10.6. The van der Waals surface area contributed by atoms with Crippen LogP contribution < -0.4 is 5.73 Å². The van der Waals surface area contributed by atoms with Gasteiger partial charge in [-0.25, -0.2) is 0 Å². The zero-order valence-corrected chi connectivity index (χ0v) is 13.8. The Kier molecular flexibility index (Phi) is 4.99. The van der Waals surface area contributed by atoms with Crippen molar-refractivity contribution in [3.8, 4) is 0 Å². The molecular weight excluding hydrogens is 266 g/mol. The van der Waals surface area contributed by atoms with Crippen LogP contribution in [0.5, 0.6) is 0 Å². The van der Waals surface area contributed by atoms with Crippen molar-refractivity contribution >= 4 is 11.8 Å². The Morgan fingerprint density at radius 1 is 1.30 bits per heavy atom. The van der Waals surface area contributed by atoms with E-state index in [1.54, 1.807) is 0 Å². The Balaban J connectivity index is 1.64. The summed E-state index contributed by atoms with van der Waals surface area (Å²) in [6.45, 7) is 3.30. The number of hydrogen-bond acceptors (Lipinski definition) is 3. The van der Waals surface area contributed by atoms with Crippen LogP contribution in [0.1, 0.15) is 58.3 Å². The van der Waals surface area contributed by atoms with Crippen LogP contribution in [0.25, 0.3) is 0 Å². The van der Waals surface area contributed by atoms with E-state index in [1.165, 1.54) is 62.9 Å². The molecule has 0 bridgehead atoms. The monoisotopic (exact) mass is 297 g/mol. The fraction of sp³-hybridized carbons (Fsp3) is 1.00.